The Balaban J connectivity index is 2.86. The Bertz CT molecular complexity index is 353. The summed E-state index contributed by atoms with van der Waals surface area (Å²) in [6.07, 6.45) is 3.16. The quantitative estimate of drug-likeness (QED) is 0.548. The van der Waals surface area contributed by atoms with Gasteiger partial charge in [0.25, 0.3) is 0 Å². The molecule has 0 saturated carbocycles. The number of rotatable bonds is 0. The maximum atomic E-state index is 4.95. The van der Waals surface area contributed by atoms with Crippen molar-refractivity contribution in [2.45, 2.75) is 6.92 Å². The van der Waals surface area contributed by atoms with E-state index in [1.54, 1.807) is 6.20 Å². The van der Waals surface area contributed by atoms with E-state index in [9.17, 15) is 0 Å². The molecule has 0 fully saturated rings. The Morgan fingerprint density at radius 2 is 2.30 bits per heavy atom. The average Bonchev–Trinajstić information content (AvgIpc) is 2.33. The van der Waals surface area contributed by atoms with Crippen molar-refractivity contribution in [3.05, 3.63) is 24.2 Å². The molecule has 2 aromatic rings. The normalized spacial score (nSPS) is 10.5. The monoisotopic (exact) mass is 134 g/mol. The van der Waals surface area contributed by atoms with E-state index in [0.29, 0.717) is 5.71 Å². The SMILES string of the molecule is Cc1cnc2ocnc2c1. The van der Waals surface area contributed by atoms with E-state index in [0.717, 1.165) is 11.1 Å². The molecule has 3 nitrogen and oxygen atoms in total. The van der Waals surface area contributed by atoms with Crippen LogP contribution in [0.4, 0.5) is 0 Å². The van der Waals surface area contributed by atoms with E-state index < -0.39 is 0 Å². The topological polar surface area (TPSA) is 38.9 Å². The molecule has 0 aliphatic carbocycles. The van der Waals surface area contributed by atoms with Crippen LogP contribution in [-0.4, -0.2) is 9.97 Å². The molecule has 0 aliphatic heterocycles. The van der Waals surface area contributed by atoms with E-state index in [4.69, 9.17) is 4.42 Å². The zero-order valence-electron chi connectivity index (χ0n) is 5.53. The smallest absolute Gasteiger partial charge is 0.246 e. The average molecular weight is 134 g/mol. The number of pyridine rings is 1. The summed E-state index contributed by atoms with van der Waals surface area (Å²) in [5, 5.41) is 0. The molecule has 0 N–H and O–H groups in total. The maximum absolute atomic E-state index is 4.95. The van der Waals surface area contributed by atoms with Crippen molar-refractivity contribution in [3.63, 3.8) is 0 Å². The Kier molecular flexibility index (Phi) is 0.974. The van der Waals surface area contributed by atoms with Gasteiger partial charge in [-0.2, -0.15) is 0 Å². The molecular weight excluding hydrogens is 128 g/mol. The molecule has 0 saturated heterocycles. The van der Waals surface area contributed by atoms with Crippen LogP contribution < -0.4 is 0 Å². The first-order chi connectivity index (χ1) is 4.86. The van der Waals surface area contributed by atoms with E-state index >= 15 is 0 Å². The lowest BCUT2D eigenvalue weighted by Gasteiger charge is -1.86. The Morgan fingerprint density at radius 1 is 1.40 bits per heavy atom. The zero-order chi connectivity index (χ0) is 6.97. The van der Waals surface area contributed by atoms with Crippen molar-refractivity contribution in [1.82, 2.24) is 9.97 Å². The van der Waals surface area contributed by atoms with E-state index in [1.165, 1.54) is 6.39 Å². The van der Waals surface area contributed by atoms with E-state index in [2.05, 4.69) is 9.97 Å². The summed E-state index contributed by atoms with van der Waals surface area (Å²) in [4.78, 5) is 7.96. The highest BCUT2D eigenvalue weighted by Gasteiger charge is 1.96. The predicted molar refractivity (Wildman–Crippen MR) is 36.5 cm³/mol. The second kappa shape index (κ2) is 1.80. The molecule has 3 heteroatoms. The van der Waals surface area contributed by atoms with Crippen molar-refractivity contribution in [1.29, 1.82) is 0 Å². The predicted octanol–water partition coefficient (Wildman–Crippen LogP) is 1.53. The van der Waals surface area contributed by atoms with Crippen LogP contribution in [-0.2, 0) is 0 Å². The fourth-order valence-electron chi connectivity index (χ4n) is 0.858. The van der Waals surface area contributed by atoms with Crippen LogP contribution in [0.2, 0.25) is 0 Å². The minimum Gasteiger partial charge on any atom is -0.425 e. The molecule has 2 rings (SSSR count). The number of fused-ring (bicyclic) bond motifs is 1. The highest BCUT2D eigenvalue weighted by atomic mass is 16.3. The van der Waals surface area contributed by atoms with E-state index in [-0.39, 0.29) is 0 Å². The van der Waals surface area contributed by atoms with Gasteiger partial charge in [0.2, 0.25) is 5.71 Å². The molecule has 0 bridgehead atoms. The van der Waals surface area contributed by atoms with Gasteiger partial charge < -0.3 is 4.42 Å². The summed E-state index contributed by atoms with van der Waals surface area (Å²) in [7, 11) is 0. The lowest BCUT2D eigenvalue weighted by Crippen LogP contribution is -1.76. The minimum atomic E-state index is 0.602. The molecule has 50 valence electrons. The van der Waals surface area contributed by atoms with Crippen LogP contribution in [0.5, 0.6) is 0 Å². The van der Waals surface area contributed by atoms with Crippen molar-refractivity contribution in [3.8, 4) is 0 Å². The highest BCUT2D eigenvalue weighted by Crippen LogP contribution is 2.09. The number of aryl methyl sites for hydroxylation is 1. The van der Waals surface area contributed by atoms with Crippen molar-refractivity contribution in [2.24, 2.45) is 0 Å². The summed E-state index contributed by atoms with van der Waals surface area (Å²) in [5.41, 5.74) is 2.52. The highest BCUT2D eigenvalue weighted by molar-refractivity contribution is 5.67. The molecule has 0 amide bonds. The molecule has 0 aromatic carbocycles. The number of hydrogen-bond donors (Lipinski definition) is 0. The van der Waals surface area contributed by atoms with Gasteiger partial charge in [0.15, 0.2) is 6.39 Å². The lowest BCUT2D eigenvalue weighted by atomic mass is 10.3. The van der Waals surface area contributed by atoms with Gasteiger partial charge in [-0.1, -0.05) is 0 Å². The Hall–Kier alpha value is -1.38. The van der Waals surface area contributed by atoms with Crippen molar-refractivity contribution >= 4 is 11.2 Å². The molecule has 2 heterocycles. The van der Waals surface area contributed by atoms with Gasteiger partial charge in [0.1, 0.15) is 5.52 Å². The van der Waals surface area contributed by atoms with Gasteiger partial charge in [-0.25, -0.2) is 9.97 Å². The summed E-state index contributed by atoms with van der Waals surface area (Å²) < 4.78 is 4.95. The summed E-state index contributed by atoms with van der Waals surface area (Å²) in [6, 6.07) is 1.94. The van der Waals surface area contributed by atoms with Gasteiger partial charge in [-0.15, -0.1) is 0 Å². The van der Waals surface area contributed by atoms with Crippen LogP contribution in [0.3, 0.4) is 0 Å². The third-order valence-electron chi connectivity index (χ3n) is 1.33. The molecule has 0 unspecified atom stereocenters. The number of hydrogen-bond acceptors (Lipinski definition) is 3. The van der Waals surface area contributed by atoms with Crippen LogP contribution in [0, 0.1) is 6.92 Å². The molecular formula is C7H6N2O. The molecule has 2 aromatic heterocycles. The van der Waals surface area contributed by atoms with Crippen LogP contribution in [0.1, 0.15) is 5.56 Å². The second-order valence-electron chi connectivity index (χ2n) is 2.19. The maximum Gasteiger partial charge on any atom is 0.246 e. The standard InChI is InChI=1S/C7H6N2O/c1-5-2-6-7(8-3-5)10-4-9-6/h2-4H,1H3. The first-order valence-corrected chi connectivity index (χ1v) is 3.02. The van der Waals surface area contributed by atoms with Crippen LogP contribution in [0.15, 0.2) is 23.1 Å². The first kappa shape index (κ1) is 5.41. The summed E-state index contributed by atoms with van der Waals surface area (Å²) in [5.74, 6) is 0. The molecule has 0 radical (unpaired) electrons. The lowest BCUT2D eigenvalue weighted by molar-refractivity contribution is 0.590. The number of aromatic nitrogens is 2. The van der Waals surface area contributed by atoms with Crippen molar-refractivity contribution < 1.29 is 4.42 Å². The van der Waals surface area contributed by atoms with Gasteiger partial charge in [-0.3, -0.25) is 0 Å². The minimum absolute atomic E-state index is 0.602. The Morgan fingerprint density at radius 3 is 3.20 bits per heavy atom. The van der Waals surface area contributed by atoms with Crippen LogP contribution >= 0.6 is 0 Å². The van der Waals surface area contributed by atoms with Crippen molar-refractivity contribution in [2.75, 3.05) is 0 Å². The van der Waals surface area contributed by atoms with Crippen LogP contribution in [0.25, 0.3) is 11.2 Å². The number of nitrogens with zero attached hydrogens (tertiary/aromatic N) is 2. The molecule has 0 atom stereocenters. The summed E-state index contributed by atoms with van der Waals surface area (Å²) in [6.45, 7) is 1.97. The molecule has 0 spiro atoms. The van der Waals surface area contributed by atoms with E-state index in [1.807, 2.05) is 13.0 Å². The van der Waals surface area contributed by atoms with Gasteiger partial charge in [0.05, 0.1) is 0 Å². The number of oxazole rings is 1. The van der Waals surface area contributed by atoms with Gasteiger partial charge in [-0.05, 0) is 18.6 Å². The Labute approximate surface area is 57.7 Å². The largest absolute Gasteiger partial charge is 0.425 e. The molecule has 10 heavy (non-hydrogen) atoms. The fraction of sp³-hybridized carbons (Fsp3) is 0.143. The zero-order valence-corrected chi connectivity index (χ0v) is 5.53. The van der Waals surface area contributed by atoms with Gasteiger partial charge in [0, 0.05) is 6.20 Å². The fourth-order valence-corrected chi connectivity index (χ4v) is 0.858. The van der Waals surface area contributed by atoms with Gasteiger partial charge >= 0.3 is 0 Å². The third kappa shape index (κ3) is 0.673. The third-order valence-corrected chi connectivity index (χ3v) is 1.33. The summed E-state index contributed by atoms with van der Waals surface area (Å²) >= 11 is 0. The molecule has 0 aliphatic rings. The second-order valence-corrected chi connectivity index (χ2v) is 2.19. The first-order valence-electron chi connectivity index (χ1n) is 3.02.